The number of hydrogen-bond donors (Lipinski definition) is 1. The van der Waals surface area contributed by atoms with E-state index in [2.05, 4.69) is 68.6 Å². The molecule has 0 radical (unpaired) electrons. The largest absolute Gasteiger partial charge is 0.316 e. The normalized spacial score (nSPS) is 17.0. The first-order valence-corrected chi connectivity index (χ1v) is 13.0. The molecule has 8 nitrogen and oxygen atoms in total. The highest BCUT2D eigenvalue weighted by molar-refractivity contribution is 6.08. The van der Waals surface area contributed by atoms with Gasteiger partial charge in [-0.2, -0.15) is 5.21 Å². The van der Waals surface area contributed by atoms with E-state index in [-0.39, 0.29) is 5.91 Å². The lowest BCUT2D eigenvalue weighted by Gasteiger charge is -2.23. The smallest absolute Gasteiger partial charge is 0.256 e. The van der Waals surface area contributed by atoms with Gasteiger partial charge in [0.25, 0.3) is 5.91 Å². The van der Waals surface area contributed by atoms with Crippen molar-refractivity contribution in [3.63, 3.8) is 0 Å². The van der Waals surface area contributed by atoms with Crippen LogP contribution in [-0.2, 0) is 11.3 Å². The molecular formula is C28H31N7O. The van der Waals surface area contributed by atoms with Crippen molar-refractivity contribution in [3.8, 4) is 17.1 Å². The number of para-hydroxylation sites is 1. The molecule has 184 valence electrons. The number of aromatic nitrogens is 5. The van der Waals surface area contributed by atoms with Gasteiger partial charge in [0, 0.05) is 23.6 Å². The molecule has 1 fully saturated rings. The van der Waals surface area contributed by atoms with Crippen molar-refractivity contribution >= 4 is 22.6 Å². The van der Waals surface area contributed by atoms with Gasteiger partial charge in [-0.25, -0.2) is 0 Å². The summed E-state index contributed by atoms with van der Waals surface area (Å²) < 4.78 is 2.15. The van der Waals surface area contributed by atoms with E-state index in [0.717, 1.165) is 78.5 Å². The monoisotopic (exact) mass is 481 g/mol. The molecule has 1 saturated carbocycles. The fourth-order valence-corrected chi connectivity index (χ4v) is 5.73. The molecule has 0 saturated heterocycles. The van der Waals surface area contributed by atoms with E-state index in [0.29, 0.717) is 12.4 Å². The predicted molar refractivity (Wildman–Crippen MR) is 140 cm³/mol. The number of nitrogens with one attached hydrogen (secondary N) is 1. The average molecular weight is 482 g/mol. The molecule has 8 heteroatoms. The molecule has 6 rings (SSSR count). The summed E-state index contributed by atoms with van der Waals surface area (Å²) in [5, 5.41) is 15.7. The number of amidine groups is 1. The van der Waals surface area contributed by atoms with Crippen LogP contribution in [0.4, 0.5) is 0 Å². The van der Waals surface area contributed by atoms with Crippen molar-refractivity contribution in [3.05, 3.63) is 60.3 Å². The molecule has 1 amide bonds. The number of nitrogens with zero attached hydrogens (tertiary/aromatic N) is 6. The van der Waals surface area contributed by atoms with Gasteiger partial charge >= 0.3 is 0 Å². The molecule has 0 bridgehead atoms. The molecule has 0 atom stereocenters. The number of fused-ring (bicyclic) bond motifs is 1. The van der Waals surface area contributed by atoms with Crippen LogP contribution in [0.5, 0.6) is 0 Å². The fourth-order valence-electron chi connectivity index (χ4n) is 5.73. The van der Waals surface area contributed by atoms with Crippen molar-refractivity contribution in [2.45, 2.75) is 70.4 Å². The van der Waals surface area contributed by atoms with Gasteiger partial charge in [0.15, 0.2) is 0 Å². The van der Waals surface area contributed by atoms with E-state index in [1.807, 2.05) is 23.1 Å². The number of hydrogen-bond acceptors (Lipinski definition) is 5. The van der Waals surface area contributed by atoms with Gasteiger partial charge in [-0.1, -0.05) is 50.8 Å². The molecule has 36 heavy (non-hydrogen) atoms. The lowest BCUT2D eigenvalue weighted by Crippen LogP contribution is -2.40. The van der Waals surface area contributed by atoms with Crippen LogP contribution < -0.4 is 0 Å². The van der Waals surface area contributed by atoms with Crippen LogP contribution in [0, 0.1) is 0 Å². The van der Waals surface area contributed by atoms with E-state index in [1.54, 1.807) is 0 Å². The van der Waals surface area contributed by atoms with E-state index in [9.17, 15) is 4.79 Å². The molecule has 1 N–H and O–H groups in total. The minimum atomic E-state index is -0.492. The van der Waals surface area contributed by atoms with Crippen molar-refractivity contribution < 1.29 is 4.79 Å². The minimum Gasteiger partial charge on any atom is -0.316 e. The second-order valence-corrected chi connectivity index (χ2v) is 9.95. The Morgan fingerprint density at radius 3 is 2.72 bits per heavy atom. The average Bonchev–Trinajstić information content (AvgIpc) is 3.70. The third kappa shape index (κ3) is 3.90. The number of tetrazole rings is 1. The van der Waals surface area contributed by atoms with Gasteiger partial charge in [0.05, 0.1) is 17.7 Å². The van der Waals surface area contributed by atoms with E-state index in [4.69, 9.17) is 4.99 Å². The Bertz CT molecular complexity index is 1410. The molecule has 2 aromatic heterocycles. The molecule has 4 aromatic rings. The van der Waals surface area contributed by atoms with Crippen LogP contribution in [0.2, 0.25) is 0 Å². The molecule has 1 aliphatic heterocycles. The molecule has 3 heterocycles. The molecule has 1 spiro atoms. The van der Waals surface area contributed by atoms with E-state index >= 15 is 0 Å². The number of amides is 1. The van der Waals surface area contributed by atoms with Crippen molar-refractivity contribution in [1.29, 1.82) is 0 Å². The number of carbonyl (C=O) groups excluding carboxylic acids is 1. The number of unbranched alkanes of at least 4 members (excludes halogenated alkanes) is 2. The maximum absolute atomic E-state index is 13.6. The maximum atomic E-state index is 13.6. The third-order valence-electron chi connectivity index (χ3n) is 7.58. The second-order valence-electron chi connectivity index (χ2n) is 9.95. The standard InChI is InChI=1S/C28H31N7O/c1-2-3-4-11-25-29-28(15-7-8-16-28)27(36)35(25)19-20-12-13-23-21(18-20)14-17-34(23)24-10-6-5-9-22(24)26-30-32-33-31-26/h5-6,9-10,12-14,17-18H,2-4,7-8,11,15-16,19H2,1H3,(H,30,31,32,33). The fraction of sp³-hybridized carbons (Fsp3) is 0.393. The number of benzene rings is 2. The summed E-state index contributed by atoms with van der Waals surface area (Å²) in [5.41, 5.74) is 3.62. The Hall–Kier alpha value is -3.81. The zero-order chi connectivity index (χ0) is 24.5. The summed E-state index contributed by atoms with van der Waals surface area (Å²) in [5.74, 6) is 1.76. The summed E-state index contributed by atoms with van der Waals surface area (Å²) in [7, 11) is 0. The Labute approximate surface area is 210 Å². The lowest BCUT2D eigenvalue weighted by molar-refractivity contribution is -0.131. The van der Waals surface area contributed by atoms with Crippen LogP contribution in [-0.4, -0.2) is 47.4 Å². The zero-order valence-corrected chi connectivity index (χ0v) is 20.7. The van der Waals surface area contributed by atoms with E-state index in [1.165, 1.54) is 6.42 Å². The Morgan fingerprint density at radius 1 is 1.06 bits per heavy atom. The van der Waals surface area contributed by atoms with Crippen LogP contribution in [0.25, 0.3) is 28.0 Å². The lowest BCUT2D eigenvalue weighted by atomic mass is 9.98. The second kappa shape index (κ2) is 9.33. The van der Waals surface area contributed by atoms with Gasteiger partial charge in [0.1, 0.15) is 11.4 Å². The maximum Gasteiger partial charge on any atom is 0.256 e. The quantitative estimate of drug-likeness (QED) is 0.339. The van der Waals surface area contributed by atoms with Crippen LogP contribution in [0.3, 0.4) is 0 Å². The first kappa shape index (κ1) is 22.6. The number of H-pyrrole nitrogens is 1. The molecular weight excluding hydrogens is 450 g/mol. The Morgan fingerprint density at radius 2 is 1.92 bits per heavy atom. The van der Waals surface area contributed by atoms with Crippen LogP contribution in [0.1, 0.15) is 63.9 Å². The van der Waals surface area contributed by atoms with Crippen LogP contribution in [0.15, 0.2) is 59.7 Å². The first-order chi connectivity index (χ1) is 17.7. The van der Waals surface area contributed by atoms with Gasteiger partial charge in [-0.15, -0.1) is 10.2 Å². The Kier molecular flexibility index (Phi) is 5.87. The van der Waals surface area contributed by atoms with Gasteiger partial charge in [0.2, 0.25) is 5.82 Å². The van der Waals surface area contributed by atoms with Crippen molar-refractivity contribution in [2.24, 2.45) is 4.99 Å². The predicted octanol–water partition coefficient (Wildman–Crippen LogP) is 5.44. The zero-order valence-electron chi connectivity index (χ0n) is 20.7. The number of rotatable bonds is 8. The highest BCUT2D eigenvalue weighted by Gasteiger charge is 2.49. The summed E-state index contributed by atoms with van der Waals surface area (Å²) in [4.78, 5) is 20.6. The molecule has 2 aromatic carbocycles. The van der Waals surface area contributed by atoms with Gasteiger partial charge in [-0.05, 0) is 60.4 Å². The highest BCUT2D eigenvalue weighted by Crippen LogP contribution is 2.40. The summed E-state index contributed by atoms with van der Waals surface area (Å²) in [6.45, 7) is 2.78. The van der Waals surface area contributed by atoms with Crippen molar-refractivity contribution in [2.75, 3.05) is 0 Å². The van der Waals surface area contributed by atoms with Crippen molar-refractivity contribution in [1.82, 2.24) is 30.1 Å². The van der Waals surface area contributed by atoms with Gasteiger partial charge in [-0.3, -0.25) is 14.7 Å². The molecule has 1 aliphatic carbocycles. The number of aliphatic imine (C=N–C) groups is 1. The molecule has 0 unspecified atom stereocenters. The number of carbonyl (C=O) groups is 1. The summed E-state index contributed by atoms with van der Waals surface area (Å²) in [6, 6.07) is 16.6. The minimum absolute atomic E-state index is 0.207. The van der Waals surface area contributed by atoms with E-state index < -0.39 is 5.54 Å². The van der Waals surface area contributed by atoms with Gasteiger partial charge < -0.3 is 4.57 Å². The van der Waals surface area contributed by atoms with Crippen LogP contribution >= 0.6 is 0 Å². The first-order valence-electron chi connectivity index (χ1n) is 13.0. The highest BCUT2D eigenvalue weighted by atomic mass is 16.2. The Balaban J connectivity index is 1.30. The SMILES string of the molecule is CCCCCC1=NC2(CCCC2)C(=O)N1Cc1ccc2c(ccn2-c2ccccc2-c2nn[nH]n2)c1. The summed E-state index contributed by atoms with van der Waals surface area (Å²) in [6.07, 6.45) is 10.3. The molecule has 2 aliphatic rings. The number of aromatic amines is 1. The third-order valence-corrected chi connectivity index (χ3v) is 7.58. The summed E-state index contributed by atoms with van der Waals surface area (Å²) >= 11 is 0. The topological polar surface area (TPSA) is 92.1 Å².